The summed E-state index contributed by atoms with van der Waals surface area (Å²) in [6.45, 7) is 6.19. The van der Waals surface area contributed by atoms with Crippen LogP contribution in [0.5, 0.6) is 0 Å². The highest BCUT2D eigenvalue weighted by atomic mass is 32.2. The summed E-state index contributed by atoms with van der Waals surface area (Å²) >= 11 is 1.71. The van der Waals surface area contributed by atoms with Gasteiger partial charge in [-0.2, -0.15) is 0 Å². The van der Waals surface area contributed by atoms with Crippen molar-refractivity contribution in [2.45, 2.75) is 49.4 Å². The Hall–Kier alpha value is -2.07. The van der Waals surface area contributed by atoms with Crippen LogP contribution >= 0.6 is 11.8 Å². The van der Waals surface area contributed by atoms with E-state index in [0.717, 1.165) is 29.1 Å². The fraction of sp³-hybridized carbons (Fsp3) is 0.300. The highest BCUT2D eigenvalue weighted by Crippen LogP contribution is 2.41. The first-order chi connectivity index (χ1) is 11.6. The average Bonchev–Trinajstić information content (AvgIpc) is 2.76. The molecular formula is C20H22N2OS. The van der Waals surface area contributed by atoms with Crippen molar-refractivity contribution in [2.24, 2.45) is 4.99 Å². The molecule has 24 heavy (non-hydrogen) atoms. The van der Waals surface area contributed by atoms with Crippen molar-refractivity contribution in [3.8, 4) is 0 Å². The third kappa shape index (κ3) is 3.39. The topological polar surface area (TPSA) is 41.5 Å². The van der Waals surface area contributed by atoms with E-state index in [9.17, 15) is 4.79 Å². The molecule has 1 aliphatic rings. The lowest BCUT2D eigenvalue weighted by molar-refractivity contribution is 0.0939. The van der Waals surface area contributed by atoms with Gasteiger partial charge in [-0.3, -0.25) is 9.79 Å². The molecule has 0 bridgehead atoms. The second-order valence-corrected chi connectivity index (χ2v) is 7.06. The Bertz CT molecular complexity index is 798. The number of carbonyl (C=O) groups excluding carboxylic acids is 1. The Labute approximate surface area is 147 Å². The van der Waals surface area contributed by atoms with Gasteiger partial charge in [-0.05, 0) is 44.0 Å². The SMILES string of the molecule is CCC1=Nc2cc(C(=O)N[C@H](C)CC)ccc2Sc2ccccc21. The molecule has 1 atom stereocenters. The molecule has 4 heteroatoms. The number of hydrogen-bond acceptors (Lipinski definition) is 3. The second kappa shape index (κ2) is 7.22. The first kappa shape index (κ1) is 16.8. The first-order valence-electron chi connectivity index (χ1n) is 8.42. The van der Waals surface area contributed by atoms with E-state index in [-0.39, 0.29) is 11.9 Å². The molecule has 0 fully saturated rings. The molecule has 124 valence electrons. The van der Waals surface area contributed by atoms with E-state index < -0.39 is 0 Å². The van der Waals surface area contributed by atoms with Crippen molar-refractivity contribution >= 4 is 29.1 Å². The molecule has 0 spiro atoms. The summed E-state index contributed by atoms with van der Waals surface area (Å²) in [6, 6.07) is 14.3. The summed E-state index contributed by atoms with van der Waals surface area (Å²) in [5.74, 6) is -0.0350. The molecule has 0 saturated heterocycles. The summed E-state index contributed by atoms with van der Waals surface area (Å²) in [5.41, 5.74) is 3.80. The molecule has 2 aromatic carbocycles. The van der Waals surface area contributed by atoms with Crippen LogP contribution in [0.3, 0.4) is 0 Å². The molecule has 1 heterocycles. The van der Waals surface area contributed by atoms with Gasteiger partial charge in [0.15, 0.2) is 0 Å². The number of fused-ring (bicyclic) bond motifs is 2. The van der Waals surface area contributed by atoms with Gasteiger partial charge in [0.25, 0.3) is 5.91 Å². The van der Waals surface area contributed by atoms with Gasteiger partial charge >= 0.3 is 0 Å². The number of nitrogens with one attached hydrogen (secondary N) is 1. The summed E-state index contributed by atoms with van der Waals surface area (Å²) in [6.07, 6.45) is 1.78. The number of benzene rings is 2. The van der Waals surface area contributed by atoms with Crippen LogP contribution in [0, 0.1) is 0 Å². The van der Waals surface area contributed by atoms with Crippen LogP contribution in [0.2, 0.25) is 0 Å². The minimum absolute atomic E-state index is 0.0350. The van der Waals surface area contributed by atoms with E-state index in [1.165, 1.54) is 10.5 Å². The summed E-state index contributed by atoms with van der Waals surface area (Å²) in [5, 5.41) is 3.02. The predicted octanol–water partition coefficient (Wildman–Crippen LogP) is 5.21. The Morgan fingerprint density at radius 3 is 2.71 bits per heavy atom. The first-order valence-corrected chi connectivity index (χ1v) is 9.23. The van der Waals surface area contributed by atoms with Crippen molar-refractivity contribution in [2.75, 3.05) is 0 Å². The molecule has 1 N–H and O–H groups in total. The highest BCUT2D eigenvalue weighted by molar-refractivity contribution is 7.99. The fourth-order valence-corrected chi connectivity index (χ4v) is 3.65. The quantitative estimate of drug-likeness (QED) is 0.831. The van der Waals surface area contributed by atoms with E-state index >= 15 is 0 Å². The van der Waals surface area contributed by atoms with Gasteiger partial charge in [-0.1, -0.05) is 43.8 Å². The molecular weight excluding hydrogens is 316 g/mol. The number of nitrogens with zero attached hydrogens (tertiary/aromatic N) is 1. The molecule has 0 aromatic heterocycles. The Morgan fingerprint density at radius 2 is 1.96 bits per heavy atom. The number of aliphatic imine (C=N–C) groups is 1. The Kier molecular flexibility index (Phi) is 5.05. The third-order valence-corrected chi connectivity index (χ3v) is 5.36. The van der Waals surface area contributed by atoms with Crippen molar-refractivity contribution in [3.63, 3.8) is 0 Å². The van der Waals surface area contributed by atoms with Crippen LogP contribution in [-0.2, 0) is 0 Å². The zero-order chi connectivity index (χ0) is 17.1. The maximum Gasteiger partial charge on any atom is 0.251 e. The van der Waals surface area contributed by atoms with E-state index in [1.807, 2.05) is 31.2 Å². The number of hydrogen-bond donors (Lipinski definition) is 1. The lowest BCUT2D eigenvalue weighted by Crippen LogP contribution is -2.31. The standard InChI is InChI=1S/C20H22N2OS/c1-4-13(3)21-20(23)14-10-11-19-17(12-14)22-16(5-2)15-8-6-7-9-18(15)24-19/h6-13H,4-5H2,1-3H3,(H,21,23)/t13-/m1/s1. The van der Waals surface area contributed by atoms with Crippen molar-refractivity contribution < 1.29 is 4.79 Å². The number of rotatable bonds is 4. The average molecular weight is 338 g/mol. The minimum Gasteiger partial charge on any atom is -0.350 e. The second-order valence-electron chi connectivity index (χ2n) is 5.98. The van der Waals surface area contributed by atoms with Crippen LogP contribution in [0.25, 0.3) is 0 Å². The van der Waals surface area contributed by atoms with Crippen LogP contribution < -0.4 is 5.32 Å². The Morgan fingerprint density at radius 1 is 1.17 bits per heavy atom. The zero-order valence-electron chi connectivity index (χ0n) is 14.3. The van der Waals surface area contributed by atoms with Crippen molar-refractivity contribution in [1.82, 2.24) is 5.32 Å². The van der Waals surface area contributed by atoms with Crippen LogP contribution in [-0.4, -0.2) is 17.7 Å². The monoisotopic (exact) mass is 338 g/mol. The normalized spacial score (nSPS) is 14.0. The third-order valence-electron chi connectivity index (χ3n) is 4.22. The van der Waals surface area contributed by atoms with Gasteiger partial charge in [-0.15, -0.1) is 0 Å². The van der Waals surface area contributed by atoms with Crippen LogP contribution in [0.1, 0.15) is 49.5 Å². The summed E-state index contributed by atoms with van der Waals surface area (Å²) in [4.78, 5) is 19.6. The highest BCUT2D eigenvalue weighted by Gasteiger charge is 2.18. The van der Waals surface area contributed by atoms with Gasteiger partial charge in [-0.25, -0.2) is 0 Å². The molecule has 0 radical (unpaired) electrons. The molecule has 0 saturated carbocycles. The van der Waals surface area contributed by atoms with Crippen LogP contribution in [0.15, 0.2) is 57.2 Å². The molecule has 3 nitrogen and oxygen atoms in total. The maximum absolute atomic E-state index is 12.4. The molecule has 1 amide bonds. The number of carbonyl (C=O) groups is 1. The van der Waals surface area contributed by atoms with E-state index in [2.05, 4.69) is 37.4 Å². The van der Waals surface area contributed by atoms with E-state index in [1.54, 1.807) is 11.8 Å². The summed E-state index contributed by atoms with van der Waals surface area (Å²) < 4.78 is 0. The summed E-state index contributed by atoms with van der Waals surface area (Å²) in [7, 11) is 0. The Balaban J connectivity index is 2.00. The maximum atomic E-state index is 12.4. The molecule has 0 aliphatic carbocycles. The van der Waals surface area contributed by atoms with Crippen LogP contribution in [0.4, 0.5) is 5.69 Å². The van der Waals surface area contributed by atoms with Crippen molar-refractivity contribution in [1.29, 1.82) is 0 Å². The van der Waals surface area contributed by atoms with Gasteiger partial charge in [0.05, 0.1) is 5.69 Å². The lowest BCUT2D eigenvalue weighted by atomic mass is 10.1. The smallest absolute Gasteiger partial charge is 0.251 e. The predicted molar refractivity (Wildman–Crippen MR) is 101 cm³/mol. The zero-order valence-corrected chi connectivity index (χ0v) is 15.1. The van der Waals surface area contributed by atoms with Gasteiger partial charge < -0.3 is 5.32 Å². The molecule has 2 aromatic rings. The lowest BCUT2D eigenvalue weighted by Gasteiger charge is -2.12. The number of amides is 1. The van der Waals surface area contributed by atoms with Gasteiger partial charge in [0.2, 0.25) is 0 Å². The minimum atomic E-state index is -0.0350. The van der Waals surface area contributed by atoms with Gasteiger partial charge in [0.1, 0.15) is 0 Å². The molecule has 1 aliphatic heterocycles. The fourth-order valence-electron chi connectivity index (χ4n) is 2.63. The van der Waals surface area contributed by atoms with E-state index in [4.69, 9.17) is 4.99 Å². The van der Waals surface area contributed by atoms with Crippen molar-refractivity contribution in [3.05, 3.63) is 53.6 Å². The molecule has 0 unspecified atom stereocenters. The van der Waals surface area contributed by atoms with E-state index in [0.29, 0.717) is 5.56 Å². The largest absolute Gasteiger partial charge is 0.350 e. The van der Waals surface area contributed by atoms with Gasteiger partial charge in [0, 0.05) is 32.7 Å². The molecule has 3 rings (SSSR count).